The van der Waals surface area contributed by atoms with E-state index in [0.717, 1.165) is 11.3 Å². The molecule has 0 unspecified atom stereocenters. The van der Waals surface area contributed by atoms with Crippen LogP contribution in [-0.2, 0) is 5.41 Å². The summed E-state index contributed by atoms with van der Waals surface area (Å²) in [4.78, 5) is 0. The molecule has 0 aliphatic rings. The van der Waals surface area contributed by atoms with Gasteiger partial charge in [-0.25, -0.2) is 0 Å². The van der Waals surface area contributed by atoms with E-state index in [1.165, 1.54) is 5.56 Å². The number of hydrogen-bond donors (Lipinski definition) is 1. The molecule has 0 radical (unpaired) electrons. The smallest absolute Gasteiger partial charge is 0.189 e. The molecule has 2 aromatic rings. The summed E-state index contributed by atoms with van der Waals surface area (Å²) in [6.45, 7) is 8.41. The Labute approximate surface area is 102 Å². The van der Waals surface area contributed by atoms with E-state index in [1.807, 2.05) is 19.1 Å². The van der Waals surface area contributed by atoms with Crippen LogP contribution in [0, 0.1) is 6.92 Å². The lowest BCUT2D eigenvalue weighted by molar-refractivity contribution is 0.427. The normalized spacial score (nSPS) is 11.8. The third-order valence-corrected chi connectivity index (χ3v) is 2.92. The maximum absolute atomic E-state index is 5.90. The molecule has 0 spiro atoms. The number of nitrogens with zero attached hydrogens (tertiary/aromatic N) is 1. The van der Waals surface area contributed by atoms with E-state index in [4.69, 9.17) is 10.3 Å². The van der Waals surface area contributed by atoms with Gasteiger partial charge in [-0.1, -0.05) is 50.2 Å². The SMILES string of the molecule is Cc1noc(-c2ccc(C(C)(C)C)cc2)c1N. The fraction of sp³-hybridized carbons (Fsp3) is 0.357. The van der Waals surface area contributed by atoms with E-state index in [1.54, 1.807) is 0 Å². The van der Waals surface area contributed by atoms with Crippen LogP contribution in [0.1, 0.15) is 32.0 Å². The number of nitrogens with two attached hydrogens (primary N) is 1. The first-order chi connectivity index (χ1) is 7.89. The fourth-order valence-electron chi connectivity index (χ4n) is 1.71. The summed E-state index contributed by atoms with van der Waals surface area (Å²) < 4.78 is 5.23. The van der Waals surface area contributed by atoms with Crippen LogP contribution in [0.3, 0.4) is 0 Å². The first-order valence-electron chi connectivity index (χ1n) is 5.72. The molecule has 1 aromatic heterocycles. The van der Waals surface area contributed by atoms with Crippen LogP contribution >= 0.6 is 0 Å². The van der Waals surface area contributed by atoms with Crippen molar-refractivity contribution in [3.8, 4) is 11.3 Å². The number of nitrogen functional groups attached to an aromatic ring is 1. The van der Waals surface area contributed by atoms with Crippen molar-refractivity contribution in [2.24, 2.45) is 0 Å². The minimum absolute atomic E-state index is 0.154. The second-order valence-corrected chi connectivity index (χ2v) is 5.34. The van der Waals surface area contributed by atoms with Gasteiger partial charge < -0.3 is 10.3 Å². The van der Waals surface area contributed by atoms with Crippen molar-refractivity contribution in [1.82, 2.24) is 5.16 Å². The molecule has 0 aliphatic carbocycles. The lowest BCUT2D eigenvalue weighted by atomic mass is 9.86. The van der Waals surface area contributed by atoms with E-state index in [9.17, 15) is 0 Å². The summed E-state index contributed by atoms with van der Waals surface area (Å²) in [5, 5.41) is 3.86. The van der Waals surface area contributed by atoms with Gasteiger partial charge in [0.15, 0.2) is 5.76 Å². The first-order valence-corrected chi connectivity index (χ1v) is 5.72. The molecule has 0 bridgehead atoms. The molecule has 0 saturated heterocycles. The number of benzene rings is 1. The average molecular weight is 230 g/mol. The van der Waals surface area contributed by atoms with Crippen molar-refractivity contribution in [2.75, 3.05) is 5.73 Å². The highest BCUT2D eigenvalue weighted by atomic mass is 16.5. The highest BCUT2D eigenvalue weighted by Crippen LogP contribution is 2.30. The third kappa shape index (κ3) is 2.18. The molecule has 2 N–H and O–H groups in total. The number of aryl methyl sites for hydroxylation is 1. The van der Waals surface area contributed by atoms with Crippen LogP contribution in [0.5, 0.6) is 0 Å². The Morgan fingerprint density at radius 2 is 1.71 bits per heavy atom. The van der Waals surface area contributed by atoms with Gasteiger partial charge in [-0.2, -0.15) is 0 Å². The zero-order valence-electron chi connectivity index (χ0n) is 10.7. The summed E-state index contributed by atoms with van der Waals surface area (Å²) in [5.74, 6) is 0.656. The maximum atomic E-state index is 5.90. The molecule has 0 atom stereocenters. The summed E-state index contributed by atoms with van der Waals surface area (Å²) in [6.07, 6.45) is 0. The minimum Gasteiger partial charge on any atom is -0.394 e. The zero-order valence-corrected chi connectivity index (χ0v) is 10.7. The fourth-order valence-corrected chi connectivity index (χ4v) is 1.71. The van der Waals surface area contributed by atoms with Crippen molar-refractivity contribution < 1.29 is 4.52 Å². The Hall–Kier alpha value is -1.77. The minimum atomic E-state index is 0.154. The van der Waals surface area contributed by atoms with Crippen LogP contribution in [0.2, 0.25) is 0 Å². The monoisotopic (exact) mass is 230 g/mol. The maximum Gasteiger partial charge on any atom is 0.189 e. The van der Waals surface area contributed by atoms with Gasteiger partial charge in [0, 0.05) is 5.56 Å². The van der Waals surface area contributed by atoms with Crippen LogP contribution in [0.15, 0.2) is 28.8 Å². The van der Waals surface area contributed by atoms with Gasteiger partial charge in [0.25, 0.3) is 0 Å². The number of aromatic nitrogens is 1. The molecule has 0 saturated carbocycles. The molecule has 3 heteroatoms. The van der Waals surface area contributed by atoms with E-state index >= 15 is 0 Å². The molecule has 17 heavy (non-hydrogen) atoms. The molecule has 0 fully saturated rings. The van der Waals surface area contributed by atoms with Gasteiger partial charge in [0.1, 0.15) is 11.4 Å². The van der Waals surface area contributed by atoms with Gasteiger partial charge in [0.05, 0.1) is 0 Å². The highest BCUT2D eigenvalue weighted by Gasteiger charge is 2.15. The van der Waals surface area contributed by atoms with Gasteiger partial charge in [-0.15, -0.1) is 0 Å². The second kappa shape index (κ2) is 3.91. The average Bonchev–Trinajstić information content (AvgIpc) is 2.59. The van der Waals surface area contributed by atoms with Crippen molar-refractivity contribution >= 4 is 5.69 Å². The topological polar surface area (TPSA) is 52.0 Å². The van der Waals surface area contributed by atoms with Crippen molar-refractivity contribution in [3.63, 3.8) is 0 Å². The van der Waals surface area contributed by atoms with E-state index in [2.05, 4.69) is 38.1 Å². The second-order valence-electron chi connectivity index (χ2n) is 5.34. The largest absolute Gasteiger partial charge is 0.394 e. The number of rotatable bonds is 1. The Kier molecular flexibility index (Phi) is 2.69. The molecule has 90 valence electrons. The summed E-state index contributed by atoms with van der Waals surface area (Å²) in [6, 6.07) is 8.26. The lowest BCUT2D eigenvalue weighted by Crippen LogP contribution is -2.10. The van der Waals surface area contributed by atoms with E-state index in [0.29, 0.717) is 11.4 Å². The Morgan fingerprint density at radius 3 is 2.12 bits per heavy atom. The summed E-state index contributed by atoms with van der Waals surface area (Å²) in [7, 11) is 0. The van der Waals surface area contributed by atoms with Crippen LogP contribution < -0.4 is 5.73 Å². The van der Waals surface area contributed by atoms with E-state index < -0.39 is 0 Å². The molecular formula is C14H18N2O. The van der Waals surface area contributed by atoms with Crippen molar-refractivity contribution in [1.29, 1.82) is 0 Å². The van der Waals surface area contributed by atoms with Gasteiger partial charge >= 0.3 is 0 Å². The van der Waals surface area contributed by atoms with Crippen molar-refractivity contribution in [3.05, 3.63) is 35.5 Å². The predicted molar refractivity (Wildman–Crippen MR) is 69.8 cm³/mol. The molecule has 0 aliphatic heterocycles. The Morgan fingerprint density at radius 1 is 1.12 bits per heavy atom. The highest BCUT2D eigenvalue weighted by molar-refractivity contribution is 5.72. The van der Waals surface area contributed by atoms with E-state index in [-0.39, 0.29) is 5.41 Å². The molecular weight excluding hydrogens is 212 g/mol. The summed E-state index contributed by atoms with van der Waals surface area (Å²) in [5.41, 5.74) is 9.67. The van der Waals surface area contributed by atoms with Crippen LogP contribution in [0.4, 0.5) is 5.69 Å². The van der Waals surface area contributed by atoms with Gasteiger partial charge in [-0.3, -0.25) is 0 Å². The molecule has 2 rings (SSSR count). The Bertz CT molecular complexity index is 518. The molecule has 1 heterocycles. The Balaban J connectivity index is 2.40. The quantitative estimate of drug-likeness (QED) is 0.815. The number of anilines is 1. The molecule has 0 amide bonds. The van der Waals surface area contributed by atoms with Gasteiger partial charge in [0.2, 0.25) is 0 Å². The standard InChI is InChI=1S/C14H18N2O/c1-9-12(15)13(17-16-9)10-5-7-11(8-6-10)14(2,3)4/h5-8H,15H2,1-4H3. The molecule has 1 aromatic carbocycles. The summed E-state index contributed by atoms with van der Waals surface area (Å²) >= 11 is 0. The van der Waals surface area contributed by atoms with Crippen LogP contribution in [0.25, 0.3) is 11.3 Å². The van der Waals surface area contributed by atoms with Crippen molar-refractivity contribution in [2.45, 2.75) is 33.1 Å². The zero-order chi connectivity index (χ0) is 12.6. The van der Waals surface area contributed by atoms with Crippen LogP contribution in [-0.4, -0.2) is 5.16 Å². The lowest BCUT2D eigenvalue weighted by Gasteiger charge is -2.18. The first kappa shape index (κ1) is 11.7. The third-order valence-electron chi connectivity index (χ3n) is 2.92. The van der Waals surface area contributed by atoms with Gasteiger partial charge in [-0.05, 0) is 17.9 Å². The predicted octanol–water partition coefficient (Wildman–Crippen LogP) is 3.53. The molecule has 3 nitrogen and oxygen atoms in total. The number of hydrogen-bond acceptors (Lipinski definition) is 3.